The molecule has 0 atom stereocenters. The van der Waals surface area contributed by atoms with Crippen molar-refractivity contribution >= 4 is 27.9 Å². The van der Waals surface area contributed by atoms with E-state index in [-0.39, 0.29) is 5.91 Å². The topological polar surface area (TPSA) is 72.2 Å². The van der Waals surface area contributed by atoms with E-state index in [0.717, 1.165) is 0 Å². The SMILES string of the molecule is CCC(Br)(CC)C(=O)NC(N)=O.CCCCCCC. The van der Waals surface area contributed by atoms with Gasteiger partial charge in [0.1, 0.15) is 4.32 Å². The zero-order valence-electron chi connectivity index (χ0n) is 12.7. The number of carbonyl (C=O) groups is 2. The van der Waals surface area contributed by atoms with Gasteiger partial charge in [0.05, 0.1) is 0 Å². The Labute approximate surface area is 126 Å². The number of halogens is 1. The molecule has 3 amide bonds. The average molecular weight is 337 g/mol. The average Bonchev–Trinajstić information content (AvgIpc) is 2.38. The van der Waals surface area contributed by atoms with Gasteiger partial charge in [-0.2, -0.15) is 0 Å². The number of primary amides is 1. The molecule has 5 heteroatoms. The second-order valence-electron chi connectivity index (χ2n) is 4.55. The largest absolute Gasteiger partial charge is 0.351 e. The molecule has 3 N–H and O–H groups in total. The number of amides is 3. The number of rotatable bonds is 7. The van der Waals surface area contributed by atoms with Crippen molar-refractivity contribution in [1.29, 1.82) is 0 Å². The molecule has 0 saturated carbocycles. The monoisotopic (exact) mass is 336 g/mol. The van der Waals surface area contributed by atoms with Gasteiger partial charge >= 0.3 is 6.03 Å². The fraction of sp³-hybridized carbons (Fsp3) is 0.857. The van der Waals surface area contributed by atoms with Crippen LogP contribution in [-0.4, -0.2) is 16.3 Å². The van der Waals surface area contributed by atoms with Gasteiger partial charge in [-0.15, -0.1) is 0 Å². The van der Waals surface area contributed by atoms with Gasteiger partial charge < -0.3 is 5.73 Å². The second kappa shape index (κ2) is 12.5. The molecule has 19 heavy (non-hydrogen) atoms. The molecule has 0 spiro atoms. The molecule has 0 rings (SSSR count). The third kappa shape index (κ3) is 11.0. The molecule has 0 fully saturated rings. The number of hydrogen-bond donors (Lipinski definition) is 2. The van der Waals surface area contributed by atoms with Crippen molar-refractivity contribution in [2.75, 3.05) is 0 Å². The molecule has 0 radical (unpaired) electrons. The Balaban J connectivity index is 0. The molecule has 0 aliphatic rings. The van der Waals surface area contributed by atoms with Gasteiger partial charge in [-0.1, -0.05) is 75.7 Å². The summed E-state index contributed by atoms with van der Waals surface area (Å²) < 4.78 is -0.665. The number of imide groups is 1. The fourth-order valence-electron chi connectivity index (χ4n) is 1.47. The smallest absolute Gasteiger partial charge is 0.318 e. The van der Waals surface area contributed by atoms with Crippen molar-refractivity contribution in [3.8, 4) is 0 Å². The molecule has 0 aliphatic heterocycles. The van der Waals surface area contributed by atoms with Crippen molar-refractivity contribution in [2.24, 2.45) is 5.73 Å². The van der Waals surface area contributed by atoms with Gasteiger partial charge in [0.2, 0.25) is 5.91 Å². The van der Waals surface area contributed by atoms with E-state index in [4.69, 9.17) is 5.73 Å². The van der Waals surface area contributed by atoms with Crippen LogP contribution in [0, 0.1) is 0 Å². The molecule has 0 aromatic rings. The number of alkyl halides is 1. The number of carbonyl (C=O) groups excluding carboxylic acids is 2. The maximum Gasteiger partial charge on any atom is 0.318 e. The molecule has 0 heterocycles. The summed E-state index contributed by atoms with van der Waals surface area (Å²) in [6.45, 7) is 8.21. The van der Waals surface area contributed by atoms with E-state index in [0.29, 0.717) is 12.8 Å². The lowest BCUT2D eigenvalue weighted by molar-refractivity contribution is -0.122. The summed E-state index contributed by atoms with van der Waals surface area (Å²) in [5, 5.41) is 2.04. The fourth-order valence-corrected chi connectivity index (χ4v) is 1.57. The molecular formula is C14H29BrN2O2. The van der Waals surface area contributed by atoms with E-state index < -0.39 is 10.4 Å². The van der Waals surface area contributed by atoms with Crippen molar-refractivity contribution < 1.29 is 9.59 Å². The minimum Gasteiger partial charge on any atom is -0.351 e. The van der Waals surface area contributed by atoms with Crippen LogP contribution in [0.25, 0.3) is 0 Å². The third-order valence-corrected chi connectivity index (χ3v) is 4.45. The quantitative estimate of drug-likeness (QED) is 0.542. The zero-order chi connectivity index (χ0) is 15.3. The number of nitrogens with one attached hydrogen (secondary N) is 1. The summed E-state index contributed by atoms with van der Waals surface area (Å²) in [7, 11) is 0. The summed E-state index contributed by atoms with van der Waals surface area (Å²) in [4.78, 5) is 21.6. The Morgan fingerprint density at radius 2 is 1.42 bits per heavy atom. The van der Waals surface area contributed by atoms with Crippen LogP contribution in [0.5, 0.6) is 0 Å². The Kier molecular flexibility index (Phi) is 13.6. The molecule has 4 nitrogen and oxygen atoms in total. The number of hydrogen-bond acceptors (Lipinski definition) is 2. The molecule has 0 aromatic heterocycles. The number of unbranched alkanes of at least 4 members (excludes halogenated alkanes) is 4. The first kappa shape index (κ1) is 20.7. The van der Waals surface area contributed by atoms with Crippen molar-refractivity contribution in [3.05, 3.63) is 0 Å². The molecule has 0 bridgehead atoms. The maximum absolute atomic E-state index is 11.3. The van der Waals surface area contributed by atoms with E-state index in [9.17, 15) is 9.59 Å². The Bertz CT molecular complexity index is 250. The lowest BCUT2D eigenvalue weighted by atomic mass is 10.0. The molecule has 0 saturated heterocycles. The maximum atomic E-state index is 11.3. The lowest BCUT2D eigenvalue weighted by Gasteiger charge is -2.21. The molecule has 0 aromatic carbocycles. The van der Waals surface area contributed by atoms with Gasteiger partial charge in [0.25, 0.3) is 0 Å². The van der Waals surface area contributed by atoms with E-state index in [1.807, 2.05) is 19.2 Å². The summed E-state index contributed by atoms with van der Waals surface area (Å²) in [6, 6.07) is -0.814. The predicted octanol–water partition coefficient (Wildman–Crippen LogP) is 4.11. The van der Waals surface area contributed by atoms with Crippen LogP contribution in [0.3, 0.4) is 0 Å². The molecule has 114 valence electrons. The standard InChI is InChI=1S/C7H13BrN2O2.C7H16/c1-3-7(8,4-2)5(11)10-6(9)12;1-3-5-7-6-4-2/h3-4H2,1-2H3,(H3,9,10,11,12);3-7H2,1-2H3. The zero-order valence-corrected chi connectivity index (χ0v) is 14.3. The minimum absolute atomic E-state index is 0.375. The summed E-state index contributed by atoms with van der Waals surface area (Å²) in [6.07, 6.45) is 8.24. The van der Waals surface area contributed by atoms with Crippen molar-refractivity contribution in [3.63, 3.8) is 0 Å². The first-order valence-electron chi connectivity index (χ1n) is 7.17. The van der Waals surface area contributed by atoms with Crippen LogP contribution in [0.1, 0.15) is 72.6 Å². The summed E-state index contributed by atoms with van der Waals surface area (Å²) in [5.74, 6) is -0.375. The summed E-state index contributed by atoms with van der Waals surface area (Å²) >= 11 is 3.26. The van der Waals surface area contributed by atoms with Crippen LogP contribution < -0.4 is 11.1 Å². The number of nitrogens with two attached hydrogens (primary N) is 1. The molecule has 0 aliphatic carbocycles. The highest BCUT2D eigenvalue weighted by atomic mass is 79.9. The van der Waals surface area contributed by atoms with Gasteiger partial charge in [-0.05, 0) is 12.8 Å². The molecule has 0 unspecified atom stereocenters. The van der Waals surface area contributed by atoms with E-state index in [1.165, 1.54) is 32.1 Å². The lowest BCUT2D eigenvalue weighted by Crippen LogP contribution is -2.46. The van der Waals surface area contributed by atoms with Crippen LogP contribution >= 0.6 is 15.9 Å². The highest BCUT2D eigenvalue weighted by Crippen LogP contribution is 2.26. The van der Waals surface area contributed by atoms with E-state index >= 15 is 0 Å². The van der Waals surface area contributed by atoms with Gasteiger partial charge in [0.15, 0.2) is 0 Å². The minimum atomic E-state index is -0.814. The first-order chi connectivity index (χ1) is 8.87. The van der Waals surface area contributed by atoms with Gasteiger partial charge in [-0.25, -0.2) is 4.79 Å². The van der Waals surface area contributed by atoms with E-state index in [2.05, 4.69) is 29.8 Å². The summed E-state index contributed by atoms with van der Waals surface area (Å²) in [5.41, 5.74) is 4.81. The van der Waals surface area contributed by atoms with Crippen molar-refractivity contribution in [1.82, 2.24) is 5.32 Å². The highest BCUT2D eigenvalue weighted by molar-refractivity contribution is 9.10. The number of urea groups is 1. The third-order valence-electron chi connectivity index (χ3n) is 2.97. The Hall–Kier alpha value is -0.580. The van der Waals surface area contributed by atoms with Crippen LogP contribution in [-0.2, 0) is 4.79 Å². The first-order valence-corrected chi connectivity index (χ1v) is 7.96. The van der Waals surface area contributed by atoms with Gasteiger partial charge in [-0.3, -0.25) is 10.1 Å². The van der Waals surface area contributed by atoms with Gasteiger partial charge in [0, 0.05) is 0 Å². The van der Waals surface area contributed by atoms with Crippen LogP contribution in [0.4, 0.5) is 4.79 Å². The van der Waals surface area contributed by atoms with Crippen molar-refractivity contribution in [2.45, 2.75) is 77.0 Å². The second-order valence-corrected chi connectivity index (χ2v) is 6.07. The van der Waals surface area contributed by atoms with Crippen LogP contribution in [0.15, 0.2) is 0 Å². The molecular weight excluding hydrogens is 308 g/mol. The van der Waals surface area contributed by atoms with Crippen LogP contribution in [0.2, 0.25) is 0 Å². The highest BCUT2D eigenvalue weighted by Gasteiger charge is 2.32. The Morgan fingerprint density at radius 1 is 1.00 bits per heavy atom. The normalized spacial score (nSPS) is 10.4. The Morgan fingerprint density at radius 3 is 1.68 bits per heavy atom. The van der Waals surface area contributed by atoms with E-state index in [1.54, 1.807) is 0 Å². The predicted molar refractivity (Wildman–Crippen MR) is 84.4 cm³/mol.